The van der Waals surface area contributed by atoms with Gasteiger partial charge in [0.25, 0.3) is 0 Å². The standard InChI is InChI=1S/C56H52O14S/c1-2-71-56-49(68-53(60)40-29-17-7-18-30-40)47(66-51(58)38-25-13-5-14-26-38)44(42(64-56)34-61-33-36-21-9-3-10-22-36)70-55-48(67-52(59)39-27-15-6-16-28-39)46(65-50(57)37-23-11-4-12-24-37)45-43(63-55)35-62-54(69-45)41-31-19-8-20-32-41/h3-32,42-49,54-56H,2,33-35H2,1H3/t42?,43?,44-,45-,46-,47-,48?,49?,54?,55-,56-/m0/s1. The summed E-state index contributed by atoms with van der Waals surface area (Å²) in [4.78, 5) is 57.0. The molecule has 3 fully saturated rings. The zero-order chi connectivity index (χ0) is 48.9. The van der Waals surface area contributed by atoms with Crippen LogP contribution in [0.2, 0.25) is 0 Å². The third-order valence-corrected chi connectivity index (χ3v) is 13.0. The van der Waals surface area contributed by atoms with Crippen molar-refractivity contribution >= 4 is 35.6 Å². The average molecular weight is 981 g/mol. The number of benzene rings is 6. The zero-order valence-corrected chi connectivity index (χ0v) is 39.4. The Morgan fingerprint density at radius 2 is 0.958 bits per heavy atom. The Kier molecular flexibility index (Phi) is 16.6. The molecule has 366 valence electrons. The van der Waals surface area contributed by atoms with Crippen LogP contribution in [-0.2, 0) is 54.0 Å². The summed E-state index contributed by atoms with van der Waals surface area (Å²) < 4.78 is 65.5. The Bertz CT molecular complexity index is 2650. The third-order valence-electron chi connectivity index (χ3n) is 12.0. The van der Waals surface area contributed by atoms with Crippen LogP contribution in [0.3, 0.4) is 0 Å². The maximum Gasteiger partial charge on any atom is 0.338 e. The molecule has 9 rings (SSSR count). The van der Waals surface area contributed by atoms with Gasteiger partial charge in [0.15, 0.2) is 37.0 Å². The van der Waals surface area contributed by atoms with E-state index in [1.165, 1.54) is 11.8 Å². The van der Waals surface area contributed by atoms with E-state index in [9.17, 15) is 19.2 Å². The molecule has 6 aromatic carbocycles. The Hall–Kier alpha value is -6.69. The first-order valence-corrected chi connectivity index (χ1v) is 24.4. The van der Waals surface area contributed by atoms with Crippen molar-refractivity contribution in [2.75, 3.05) is 19.0 Å². The van der Waals surface area contributed by atoms with Gasteiger partial charge in [-0.15, -0.1) is 11.8 Å². The molecule has 0 radical (unpaired) electrons. The molecule has 15 heteroatoms. The Balaban J connectivity index is 1.14. The molecular weight excluding hydrogens is 929 g/mol. The smallest absolute Gasteiger partial charge is 0.338 e. The Labute approximate surface area is 415 Å². The van der Waals surface area contributed by atoms with Crippen molar-refractivity contribution in [1.29, 1.82) is 0 Å². The van der Waals surface area contributed by atoms with E-state index in [-0.39, 0.29) is 42.1 Å². The van der Waals surface area contributed by atoms with Gasteiger partial charge in [0.1, 0.15) is 29.9 Å². The summed E-state index contributed by atoms with van der Waals surface area (Å²) in [6, 6.07) is 52.2. The van der Waals surface area contributed by atoms with Gasteiger partial charge in [-0.25, -0.2) is 19.2 Å². The second-order valence-corrected chi connectivity index (χ2v) is 18.1. The second kappa shape index (κ2) is 23.9. The fraction of sp³-hybridized carbons (Fsp3) is 0.286. The van der Waals surface area contributed by atoms with Gasteiger partial charge in [-0.3, -0.25) is 0 Å². The number of ether oxygens (including phenoxy) is 10. The van der Waals surface area contributed by atoms with Crippen LogP contribution in [0.15, 0.2) is 182 Å². The molecule has 14 nitrogen and oxygen atoms in total. The number of thioether (sulfide) groups is 1. The molecule has 3 aliphatic heterocycles. The van der Waals surface area contributed by atoms with Gasteiger partial charge < -0.3 is 47.4 Å². The van der Waals surface area contributed by atoms with Crippen molar-refractivity contribution in [2.45, 2.75) is 80.4 Å². The van der Waals surface area contributed by atoms with Gasteiger partial charge in [0.05, 0.1) is 42.1 Å². The molecule has 3 heterocycles. The average Bonchev–Trinajstić information content (AvgIpc) is 3.42. The van der Waals surface area contributed by atoms with Gasteiger partial charge in [-0.05, 0) is 59.8 Å². The van der Waals surface area contributed by atoms with Crippen molar-refractivity contribution in [2.24, 2.45) is 0 Å². The maximum atomic E-state index is 14.3. The molecule has 11 atom stereocenters. The highest BCUT2D eigenvalue weighted by molar-refractivity contribution is 7.99. The molecule has 0 aliphatic carbocycles. The molecule has 6 aromatic rings. The first kappa shape index (κ1) is 49.3. The van der Waals surface area contributed by atoms with E-state index < -0.39 is 90.7 Å². The van der Waals surface area contributed by atoms with E-state index in [4.69, 9.17) is 47.4 Å². The Morgan fingerprint density at radius 1 is 0.507 bits per heavy atom. The summed E-state index contributed by atoms with van der Waals surface area (Å²) in [7, 11) is 0. The zero-order valence-electron chi connectivity index (χ0n) is 38.6. The third kappa shape index (κ3) is 12.3. The van der Waals surface area contributed by atoms with Gasteiger partial charge in [-0.2, -0.15) is 0 Å². The Morgan fingerprint density at radius 3 is 1.46 bits per heavy atom. The molecular formula is C56H52O14S. The number of hydrogen-bond acceptors (Lipinski definition) is 15. The number of hydrogen-bond donors (Lipinski definition) is 0. The number of rotatable bonds is 17. The normalized spacial score (nSPS) is 26.0. The summed E-state index contributed by atoms with van der Waals surface area (Å²) in [5.74, 6) is -2.47. The van der Waals surface area contributed by atoms with E-state index in [1.54, 1.807) is 121 Å². The van der Waals surface area contributed by atoms with Crippen LogP contribution >= 0.6 is 11.8 Å². The molecule has 0 N–H and O–H groups in total. The first-order valence-electron chi connectivity index (χ1n) is 23.4. The quantitative estimate of drug-likeness (QED) is 0.0630. The van der Waals surface area contributed by atoms with Gasteiger partial charge in [-0.1, -0.05) is 140 Å². The summed E-state index contributed by atoms with van der Waals surface area (Å²) in [5.41, 5.74) is 1.52. The molecule has 0 spiro atoms. The van der Waals surface area contributed by atoms with Crippen molar-refractivity contribution in [3.63, 3.8) is 0 Å². The lowest BCUT2D eigenvalue weighted by molar-refractivity contribution is -0.375. The molecule has 3 saturated heterocycles. The highest BCUT2D eigenvalue weighted by atomic mass is 32.2. The van der Waals surface area contributed by atoms with E-state index in [0.29, 0.717) is 11.3 Å². The molecule has 0 saturated carbocycles. The molecule has 0 bridgehead atoms. The van der Waals surface area contributed by atoms with Crippen molar-refractivity contribution in [3.8, 4) is 0 Å². The minimum Gasteiger partial charge on any atom is -0.452 e. The summed E-state index contributed by atoms with van der Waals surface area (Å²) >= 11 is 1.34. The predicted molar refractivity (Wildman–Crippen MR) is 259 cm³/mol. The maximum absolute atomic E-state index is 14.3. The number of carbonyl (C=O) groups is 4. The monoisotopic (exact) mass is 980 g/mol. The SMILES string of the molecule is CCS[C@@H]1OC(COCc2ccccc2)[C@H](O[C@@H]2OC3COC(c4ccccc4)O[C@@H]3[C@H](OC(=O)c3ccccc3)C2OC(=O)c2ccccc2)[C@H](OC(=O)c2ccccc2)C1OC(=O)c1ccccc1. The summed E-state index contributed by atoms with van der Waals surface area (Å²) in [6.07, 6.45) is -12.7. The van der Waals surface area contributed by atoms with Gasteiger partial charge in [0, 0.05) is 5.56 Å². The number of esters is 4. The van der Waals surface area contributed by atoms with E-state index >= 15 is 0 Å². The molecule has 0 amide bonds. The lowest BCUT2D eigenvalue weighted by atomic mass is 9.95. The van der Waals surface area contributed by atoms with E-state index in [0.717, 1.165) is 5.56 Å². The van der Waals surface area contributed by atoms with Gasteiger partial charge >= 0.3 is 23.9 Å². The van der Waals surface area contributed by atoms with Crippen molar-refractivity contribution in [3.05, 3.63) is 215 Å². The highest BCUT2D eigenvalue weighted by Gasteiger charge is 2.58. The topological polar surface area (TPSA) is 161 Å². The van der Waals surface area contributed by atoms with Crippen molar-refractivity contribution in [1.82, 2.24) is 0 Å². The van der Waals surface area contributed by atoms with E-state index in [2.05, 4.69) is 0 Å². The largest absolute Gasteiger partial charge is 0.452 e. The van der Waals surface area contributed by atoms with Crippen LogP contribution in [0.25, 0.3) is 0 Å². The fourth-order valence-electron chi connectivity index (χ4n) is 8.52. The van der Waals surface area contributed by atoms with Crippen LogP contribution in [0.4, 0.5) is 0 Å². The molecule has 3 aliphatic rings. The summed E-state index contributed by atoms with van der Waals surface area (Å²) in [5, 5.41) is 0. The summed E-state index contributed by atoms with van der Waals surface area (Å²) in [6.45, 7) is 1.90. The van der Waals surface area contributed by atoms with Crippen LogP contribution in [0, 0.1) is 0 Å². The van der Waals surface area contributed by atoms with E-state index in [1.807, 2.05) is 67.6 Å². The number of fused-ring (bicyclic) bond motifs is 1. The van der Waals surface area contributed by atoms with Crippen LogP contribution in [-0.4, -0.2) is 103 Å². The van der Waals surface area contributed by atoms with Crippen LogP contribution in [0.1, 0.15) is 65.8 Å². The second-order valence-electron chi connectivity index (χ2n) is 16.8. The van der Waals surface area contributed by atoms with Crippen LogP contribution < -0.4 is 0 Å². The minimum atomic E-state index is -1.61. The van der Waals surface area contributed by atoms with Crippen molar-refractivity contribution < 1.29 is 66.5 Å². The lowest BCUT2D eigenvalue weighted by Gasteiger charge is -2.50. The minimum absolute atomic E-state index is 0.0768. The van der Waals surface area contributed by atoms with Crippen LogP contribution in [0.5, 0.6) is 0 Å². The molecule has 0 aromatic heterocycles. The first-order chi connectivity index (χ1) is 34.8. The molecule has 71 heavy (non-hydrogen) atoms. The lowest BCUT2D eigenvalue weighted by Crippen LogP contribution is -2.67. The van der Waals surface area contributed by atoms with Gasteiger partial charge in [0.2, 0.25) is 0 Å². The highest BCUT2D eigenvalue weighted by Crippen LogP contribution is 2.41. The fourth-order valence-corrected chi connectivity index (χ4v) is 9.47. The number of carbonyl (C=O) groups excluding carboxylic acids is 4. The predicted octanol–water partition coefficient (Wildman–Crippen LogP) is 8.81. The molecule has 5 unspecified atom stereocenters.